The molecule has 1 aliphatic rings. The average Bonchev–Trinajstić information content (AvgIpc) is 3.26. The second-order valence-electron chi connectivity index (χ2n) is 5.97. The van der Waals surface area contributed by atoms with E-state index in [-0.39, 0.29) is 4.90 Å². The van der Waals surface area contributed by atoms with Gasteiger partial charge in [0.15, 0.2) is 9.84 Å². The molecule has 3 rings (SSSR count). The zero-order valence-corrected chi connectivity index (χ0v) is 14.4. The van der Waals surface area contributed by atoms with Crippen molar-refractivity contribution in [2.75, 3.05) is 0 Å². The van der Waals surface area contributed by atoms with Gasteiger partial charge < -0.3 is 4.79 Å². The number of carbonyl (C=O) groups is 1. The van der Waals surface area contributed by atoms with Gasteiger partial charge in [-0.3, -0.25) is 0 Å². The highest BCUT2D eigenvalue weighted by molar-refractivity contribution is 7.92. The van der Waals surface area contributed by atoms with Gasteiger partial charge in [-0.2, -0.15) is 5.26 Å². The smallest absolute Gasteiger partial charge is 0.183 e. The second kappa shape index (κ2) is 5.73. The van der Waals surface area contributed by atoms with Gasteiger partial charge in [0.05, 0.1) is 11.0 Å². The minimum absolute atomic E-state index is 0.115. The van der Waals surface area contributed by atoms with E-state index in [1.807, 2.05) is 13.0 Å². The topological polar surface area (TPSA) is 75.0 Å². The van der Waals surface area contributed by atoms with Crippen molar-refractivity contribution < 1.29 is 13.2 Å². The van der Waals surface area contributed by atoms with Crippen LogP contribution in [0.25, 0.3) is 0 Å². The standard InChI is InChI=1S/C18H14ClNO3S/c1-12-5-7-15(8-6-12)24(22,23)17-16(18(17,10-20)11-21)13-3-2-4-14(19)9-13/h2-9,11,16-17H,1H3/t16-,17-,18-/m0/s1. The third-order valence-corrected chi connectivity index (χ3v) is 6.95. The Hall–Kier alpha value is -2.16. The zero-order valence-electron chi connectivity index (χ0n) is 12.8. The lowest BCUT2D eigenvalue weighted by molar-refractivity contribution is -0.110. The fourth-order valence-corrected chi connectivity index (χ4v) is 5.57. The Morgan fingerprint density at radius 3 is 2.42 bits per heavy atom. The molecule has 0 aliphatic heterocycles. The molecule has 0 saturated heterocycles. The maximum Gasteiger partial charge on any atom is 0.183 e. The molecule has 1 aliphatic carbocycles. The number of nitriles is 1. The summed E-state index contributed by atoms with van der Waals surface area (Å²) < 4.78 is 25.9. The van der Waals surface area contributed by atoms with Crippen LogP contribution in [-0.4, -0.2) is 20.0 Å². The Bertz CT molecular complexity index is 947. The van der Waals surface area contributed by atoms with Gasteiger partial charge in [0.25, 0.3) is 0 Å². The van der Waals surface area contributed by atoms with E-state index in [4.69, 9.17) is 11.6 Å². The monoisotopic (exact) mass is 359 g/mol. The molecule has 0 spiro atoms. The minimum Gasteiger partial charge on any atom is -0.302 e. The maximum absolute atomic E-state index is 13.0. The molecule has 0 radical (unpaired) electrons. The summed E-state index contributed by atoms with van der Waals surface area (Å²) in [6.07, 6.45) is 0.453. The lowest BCUT2D eigenvalue weighted by Crippen LogP contribution is -2.16. The van der Waals surface area contributed by atoms with Crippen molar-refractivity contribution in [1.82, 2.24) is 0 Å². The molecule has 0 bridgehead atoms. The molecule has 2 aromatic carbocycles. The number of hydrogen-bond donors (Lipinski definition) is 0. The molecular formula is C18H14ClNO3S. The van der Waals surface area contributed by atoms with Crippen LogP contribution in [0.15, 0.2) is 53.4 Å². The van der Waals surface area contributed by atoms with Crippen molar-refractivity contribution in [3.05, 3.63) is 64.7 Å². The summed E-state index contributed by atoms with van der Waals surface area (Å²) in [4.78, 5) is 11.7. The maximum atomic E-state index is 13.0. The lowest BCUT2D eigenvalue weighted by Gasteiger charge is -2.05. The summed E-state index contributed by atoms with van der Waals surface area (Å²) in [5, 5.41) is 8.83. The number of hydrogen-bond acceptors (Lipinski definition) is 4. The Morgan fingerprint density at radius 2 is 1.88 bits per heavy atom. The molecule has 3 atom stereocenters. The number of carbonyl (C=O) groups excluding carboxylic acids is 1. The predicted octanol–water partition coefficient (Wildman–Crippen LogP) is 3.30. The van der Waals surface area contributed by atoms with Gasteiger partial charge in [-0.1, -0.05) is 41.4 Å². The number of aldehydes is 1. The molecule has 1 saturated carbocycles. The number of aryl methyl sites for hydroxylation is 1. The van der Waals surface area contributed by atoms with Crippen molar-refractivity contribution in [2.24, 2.45) is 5.41 Å². The highest BCUT2D eigenvalue weighted by Gasteiger charge is 2.72. The lowest BCUT2D eigenvalue weighted by atomic mass is 10.0. The molecule has 24 heavy (non-hydrogen) atoms. The Balaban J connectivity index is 2.10. The molecule has 6 heteroatoms. The van der Waals surface area contributed by atoms with Gasteiger partial charge in [0.1, 0.15) is 17.0 Å². The molecular weight excluding hydrogens is 346 g/mol. The number of halogens is 1. The molecule has 0 aromatic heterocycles. The first-order valence-electron chi connectivity index (χ1n) is 7.30. The minimum atomic E-state index is -3.82. The summed E-state index contributed by atoms with van der Waals surface area (Å²) in [7, 11) is -3.82. The van der Waals surface area contributed by atoms with Gasteiger partial charge in [-0.05, 0) is 36.8 Å². The van der Waals surface area contributed by atoms with Crippen molar-refractivity contribution in [3.8, 4) is 6.07 Å². The summed E-state index contributed by atoms with van der Waals surface area (Å²) in [6.45, 7) is 1.85. The number of rotatable bonds is 4. The van der Waals surface area contributed by atoms with Gasteiger partial charge in [-0.25, -0.2) is 8.42 Å². The van der Waals surface area contributed by atoms with Crippen LogP contribution in [0.1, 0.15) is 17.0 Å². The third kappa shape index (κ3) is 2.43. The fraction of sp³-hybridized carbons (Fsp3) is 0.222. The number of nitrogens with zero attached hydrogens (tertiary/aromatic N) is 1. The SMILES string of the molecule is Cc1ccc(S(=O)(=O)[C@H]2[C@H](c3cccc(Cl)c3)[C@]2(C#N)C=O)cc1. The normalized spacial score (nSPS) is 25.7. The molecule has 0 heterocycles. The summed E-state index contributed by atoms with van der Waals surface area (Å²) in [6, 6.07) is 14.9. The molecule has 1 fully saturated rings. The van der Waals surface area contributed by atoms with Crippen LogP contribution < -0.4 is 0 Å². The molecule has 122 valence electrons. The van der Waals surface area contributed by atoms with E-state index in [0.29, 0.717) is 16.9 Å². The Kier molecular flexibility index (Phi) is 3.98. The summed E-state index contributed by atoms with van der Waals surface area (Å²) >= 11 is 5.97. The van der Waals surface area contributed by atoms with Crippen molar-refractivity contribution >= 4 is 27.7 Å². The molecule has 0 N–H and O–H groups in total. The molecule has 2 aromatic rings. The van der Waals surface area contributed by atoms with Crippen molar-refractivity contribution in [2.45, 2.75) is 23.0 Å². The van der Waals surface area contributed by atoms with Crippen LogP contribution in [0, 0.1) is 23.7 Å². The van der Waals surface area contributed by atoms with Gasteiger partial charge in [0, 0.05) is 10.9 Å². The zero-order chi connectivity index (χ0) is 17.5. The summed E-state index contributed by atoms with van der Waals surface area (Å²) in [5.41, 5.74) is -0.0658. The first-order chi connectivity index (χ1) is 11.4. The molecule has 0 unspecified atom stereocenters. The third-order valence-electron chi connectivity index (χ3n) is 4.46. The van der Waals surface area contributed by atoms with E-state index in [1.54, 1.807) is 36.4 Å². The average molecular weight is 360 g/mol. The van der Waals surface area contributed by atoms with Crippen molar-refractivity contribution in [3.63, 3.8) is 0 Å². The van der Waals surface area contributed by atoms with E-state index < -0.39 is 26.4 Å². The largest absolute Gasteiger partial charge is 0.302 e. The van der Waals surface area contributed by atoms with Crippen molar-refractivity contribution in [1.29, 1.82) is 5.26 Å². The Morgan fingerprint density at radius 1 is 1.21 bits per heavy atom. The highest BCUT2D eigenvalue weighted by Crippen LogP contribution is 2.62. The first-order valence-corrected chi connectivity index (χ1v) is 9.23. The van der Waals surface area contributed by atoms with Gasteiger partial charge in [-0.15, -0.1) is 0 Å². The first kappa shape index (κ1) is 16.7. The van der Waals surface area contributed by atoms with E-state index >= 15 is 0 Å². The Labute approximate surface area is 145 Å². The fourth-order valence-electron chi connectivity index (χ4n) is 3.14. The summed E-state index contributed by atoms with van der Waals surface area (Å²) in [5.74, 6) is -0.718. The van der Waals surface area contributed by atoms with E-state index in [2.05, 4.69) is 0 Å². The molecule has 0 amide bonds. The quantitative estimate of drug-likeness (QED) is 0.785. The van der Waals surface area contributed by atoms with E-state index in [9.17, 15) is 18.5 Å². The van der Waals surface area contributed by atoms with Gasteiger partial charge >= 0.3 is 0 Å². The van der Waals surface area contributed by atoms with Gasteiger partial charge in [0.2, 0.25) is 0 Å². The van der Waals surface area contributed by atoms with E-state index in [1.165, 1.54) is 12.1 Å². The van der Waals surface area contributed by atoms with Crippen LogP contribution in [0.5, 0.6) is 0 Å². The van der Waals surface area contributed by atoms with Crippen LogP contribution in [0.3, 0.4) is 0 Å². The van der Waals surface area contributed by atoms with Crippen LogP contribution in [0.2, 0.25) is 5.02 Å². The van der Waals surface area contributed by atoms with Crippen LogP contribution in [0.4, 0.5) is 0 Å². The highest BCUT2D eigenvalue weighted by atomic mass is 35.5. The second-order valence-corrected chi connectivity index (χ2v) is 8.48. The van der Waals surface area contributed by atoms with Crippen LogP contribution in [-0.2, 0) is 14.6 Å². The molecule has 4 nitrogen and oxygen atoms in total. The number of benzene rings is 2. The van der Waals surface area contributed by atoms with E-state index in [0.717, 1.165) is 5.56 Å². The number of sulfone groups is 1. The predicted molar refractivity (Wildman–Crippen MR) is 90.5 cm³/mol. The van der Waals surface area contributed by atoms with Crippen LogP contribution >= 0.6 is 11.6 Å².